The number of benzene rings is 1. The van der Waals surface area contributed by atoms with E-state index in [-0.39, 0.29) is 40.2 Å². The first-order valence-electron chi connectivity index (χ1n) is 10.0. The lowest BCUT2D eigenvalue weighted by molar-refractivity contribution is 0.0694. The van der Waals surface area contributed by atoms with Crippen molar-refractivity contribution < 1.29 is 23.1 Å². The molecule has 0 unspecified atom stereocenters. The number of carbonyl (C=O) groups is 1. The molecule has 0 bridgehead atoms. The van der Waals surface area contributed by atoms with Crippen LogP contribution in [-0.2, 0) is 6.54 Å². The van der Waals surface area contributed by atoms with Crippen LogP contribution in [0.15, 0.2) is 23.1 Å². The van der Waals surface area contributed by atoms with Gasteiger partial charge in [-0.3, -0.25) is 4.79 Å². The van der Waals surface area contributed by atoms with Crippen molar-refractivity contribution in [3.8, 4) is 0 Å². The van der Waals surface area contributed by atoms with Gasteiger partial charge in [0.05, 0.1) is 11.9 Å². The van der Waals surface area contributed by atoms with Gasteiger partial charge >= 0.3 is 5.97 Å². The Hall–Kier alpha value is -3.14. The summed E-state index contributed by atoms with van der Waals surface area (Å²) in [7, 11) is 0. The third-order valence-corrected chi connectivity index (χ3v) is 5.80. The summed E-state index contributed by atoms with van der Waals surface area (Å²) >= 11 is 0. The van der Waals surface area contributed by atoms with Gasteiger partial charge in [-0.1, -0.05) is 0 Å². The summed E-state index contributed by atoms with van der Waals surface area (Å²) in [5, 5.41) is 12.6. The summed E-state index contributed by atoms with van der Waals surface area (Å²) in [4.78, 5) is 29.8. The molecule has 10 heteroatoms. The van der Waals surface area contributed by atoms with E-state index in [0.29, 0.717) is 19.1 Å². The van der Waals surface area contributed by atoms with Crippen LogP contribution in [0.3, 0.4) is 0 Å². The first-order chi connectivity index (χ1) is 14.9. The van der Waals surface area contributed by atoms with Crippen LogP contribution in [0, 0.1) is 11.6 Å². The Kier molecular flexibility index (Phi) is 4.62. The fourth-order valence-corrected chi connectivity index (χ4v) is 4.09. The molecule has 2 aliphatic rings. The Bertz CT molecular complexity index is 1280. The van der Waals surface area contributed by atoms with Crippen LogP contribution in [0.1, 0.15) is 23.2 Å². The second-order valence-corrected chi connectivity index (χ2v) is 8.05. The average Bonchev–Trinajstić information content (AvgIpc) is 3.51. The predicted octanol–water partition coefficient (Wildman–Crippen LogP) is 2.44. The van der Waals surface area contributed by atoms with Crippen molar-refractivity contribution in [2.45, 2.75) is 31.5 Å². The van der Waals surface area contributed by atoms with E-state index in [1.807, 2.05) is 0 Å². The van der Waals surface area contributed by atoms with Crippen molar-refractivity contribution in [3.05, 3.63) is 45.8 Å². The van der Waals surface area contributed by atoms with Crippen molar-refractivity contribution in [1.29, 1.82) is 0 Å². The van der Waals surface area contributed by atoms with Gasteiger partial charge in [-0.05, 0) is 25.0 Å². The van der Waals surface area contributed by atoms with Gasteiger partial charge in [-0.25, -0.2) is 22.9 Å². The van der Waals surface area contributed by atoms with Gasteiger partial charge in [-0.15, -0.1) is 0 Å². The van der Waals surface area contributed by atoms with Crippen LogP contribution in [0.4, 0.5) is 18.9 Å². The molecule has 0 radical (unpaired) electrons. The van der Waals surface area contributed by atoms with E-state index in [4.69, 9.17) is 0 Å². The Morgan fingerprint density at radius 3 is 2.61 bits per heavy atom. The third-order valence-electron chi connectivity index (χ3n) is 5.80. The highest BCUT2D eigenvalue weighted by atomic mass is 19.1. The average molecular weight is 432 g/mol. The molecule has 2 fully saturated rings. The zero-order valence-electron chi connectivity index (χ0n) is 16.4. The standard InChI is InChI=1S/C21H19F3N4O3/c22-3-4-27-9-14(21(30)31)19(29)13-5-10-6-15(23)18(16(24)17(10)26-20(13)27)28-7-12(8-28)25-11-1-2-11/h5-6,9,11-12,25H,1-4,7-8H2,(H,30,31). The van der Waals surface area contributed by atoms with E-state index in [1.165, 1.54) is 10.6 Å². The van der Waals surface area contributed by atoms with Gasteiger partial charge < -0.3 is 19.9 Å². The fourth-order valence-electron chi connectivity index (χ4n) is 4.09. The van der Waals surface area contributed by atoms with Crippen LogP contribution < -0.4 is 15.6 Å². The van der Waals surface area contributed by atoms with Crippen LogP contribution in [0.25, 0.3) is 21.9 Å². The number of hydrogen-bond donors (Lipinski definition) is 2. The minimum atomic E-state index is -1.47. The highest BCUT2D eigenvalue weighted by Crippen LogP contribution is 2.34. The zero-order chi connectivity index (χ0) is 21.9. The number of aromatic nitrogens is 2. The molecule has 1 aliphatic heterocycles. The Morgan fingerprint density at radius 2 is 1.97 bits per heavy atom. The molecule has 7 nitrogen and oxygen atoms in total. The number of nitrogens with zero attached hydrogens (tertiary/aromatic N) is 3. The topological polar surface area (TPSA) is 87.5 Å². The molecule has 3 heterocycles. The second kappa shape index (κ2) is 7.23. The maximum absolute atomic E-state index is 15.3. The Balaban J connectivity index is 1.64. The number of carboxylic acid groups (broad SMARTS) is 1. The molecule has 162 valence electrons. The number of alkyl halides is 1. The first-order valence-corrected chi connectivity index (χ1v) is 10.0. The van der Waals surface area contributed by atoms with Crippen molar-refractivity contribution in [3.63, 3.8) is 0 Å². The van der Waals surface area contributed by atoms with Crippen molar-refractivity contribution in [2.75, 3.05) is 24.7 Å². The lowest BCUT2D eigenvalue weighted by atomic mass is 10.0. The van der Waals surface area contributed by atoms with Gasteiger partial charge in [0.2, 0.25) is 5.43 Å². The van der Waals surface area contributed by atoms with Gasteiger partial charge in [-0.2, -0.15) is 0 Å². The van der Waals surface area contributed by atoms with Gasteiger partial charge in [0.25, 0.3) is 0 Å². The number of halogens is 3. The molecule has 1 aliphatic carbocycles. The zero-order valence-corrected chi connectivity index (χ0v) is 16.4. The van der Waals surface area contributed by atoms with E-state index in [9.17, 15) is 23.5 Å². The van der Waals surface area contributed by atoms with E-state index in [1.54, 1.807) is 4.90 Å². The number of aryl methyl sites for hydroxylation is 1. The SMILES string of the molecule is O=C(O)c1cn(CCF)c2nc3c(F)c(N4CC(NC5CC5)C4)c(F)cc3cc2c1=O. The highest BCUT2D eigenvalue weighted by Gasteiger charge is 2.35. The van der Waals surface area contributed by atoms with Crippen LogP contribution >= 0.6 is 0 Å². The third kappa shape index (κ3) is 3.31. The number of hydrogen-bond acceptors (Lipinski definition) is 5. The number of carboxylic acids is 1. The van der Waals surface area contributed by atoms with E-state index >= 15 is 4.39 Å². The van der Waals surface area contributed by atoms with Crippen LogP contribution in [0.5, 0.6) is 0 Å². The molecular formula is C21H19F3N4O3. The molecule has 2 aromatic heterocycles. The number of rotatable bonds is 6. The minimum absolute atomic E-state index is 0.0332. The molecule has 1 aromatic carbocycles. The summed E-state index contributed by atoms with van der Waals surface area (Å²) in [6.07, 6.45) is 3.24. The molecule has 1 saturated carbocycles. The molecule has 1 saturated heterocycles. The second-order valence-electron chi connectivity index (χ2n) is 8.05. The first kappa shape index (κ1) is 19.8. The molecule has 0 spiro atoms. The van der Waals surface area contributed by atoms with Crippen molar-refractivity contribution in [1.82, 2.24) is 14.9 Å². The molecule has 31 heavy (non-hydrogen) atoms. The Labute approximate surface area is 174 Å². The lowest BCUT2D eigenvalue weighted by Crippen LogP contribution is -2.59. The van der Waals surface area contributed by atoms with Crippen molar-refractivity contribution in [2.24, 2.45) is 0 Å². The van der Waals surface area contributed by atoms with Crippen molar-refractivity contribution >= 4 is 33.6 Å². The fraction of sp³-hybridized carbons (Fsp3) is 0.381. The van der Waals surface area contributed by atoms with Crippen LogP contribution in [0.2, 0.25) is 0 Å². The Morgan fingerprint density at radius 1 is 1.23 bits per heavy atom. The van der Waals surface area contributed by atoms with E-state index in [2.05, 4.69) is 10.3 Å². The van der Waals surface area contributed by atoms with E-state index in [0.717, 1.165) is 25.1 Å². The molecule has 0 amide bonds. The van der Waals surface area contributed by atoms with E-state index < -0.39 is 35.3 Å². The normalized spacial score (nSPS) is 16.8. The number of pyridine rings is 2. The predicted molar refractivity (Wildman–Crippen MR) is 109 cm³/mol. The smallest absolute Gasteiger partial charge is 0.341 e. The molecule has 3 aromatic rings. The van der Waals surface area contributed by atoms with Crippen LogP contribution in [-0.4, -0.2) is 52.5 Å². The minimum Gasteiger partial charge on any atom is -0.477 e. The number of anilines is 1. The molecule has 5 rings (SSSR count). The number of aromatic carboxylic acids is 1. The maximum Gasteiger partial charge on any atom is 0.341 e. The lowest BCUT2D eigenvalue weighted by Gasteiger charge is -2.41. The summed E-state index contributed by atoms with van der Waals surface area (Å²) in [6, 6.07) is 2.98. The quantitative estimate of drug-likeness (QED) is 0.582. The maximum atomic E-state index is 15.3. The molecule has 2 N–H and O–H groups in total. The number of nitrogens with one attached hydrogen (secondary N) is 1. The summed E-state index contributed by atoms with van der Waals surface area (Å²) < 4.78 is 44.3. The van der Waals surface area contributed by atoms with Gasteiger partial charge in [0.1, 0.15) is 34.9 Å². The highest BCUT2D eigenvalue weighted by molar-refractivity contribution is 5.97. The molecular weight excluding hydrogens is 413 g/mol. The summed E-state index contributed by atoms with van der Waals surface area (Å²) in [5.41, 5.74) is -1.79. The van der Waals surface area contributed by atoms with Gasteiger partial charge in [0.15, 0.2) is 5.82 Å². The van der Waals surface area contributed by atoms with Gasteiger partial charge in [0, 0.05) is 36.8 Å². The number of fused-ring (bicyclic) bond motifs is 2. The summed E-state index contributed by atoms with van der Waals surface area (Å²) in [5.74, 6) is -3.11. The summed E-state index contributed by atoms with van der Waals surface area (Å²) in [6.45, 7) is -0.154. The largest absolute Gasteiger partial charge is 0.477 e. The molecule has 0 atom stereocenters. The monoisotopic (exact) mass is 432 g/mol.